The van der Waals surface area contributed by atoms with Crippen LogP contribution in [0.2, 0.25) is 0 Å². The van der Waals surface area contributed by atoms with Crippen LogP contribution < -0.4 is 10.2 Å². The number of rotatable bonds is 39. The average Bonchev–Trinajstić information content (AvgIpc) is 3.33. The number of carboxylic acids is 2. The van der Waals surface area contributed by atoms with Gasteiger partial charge in [-0.3, -0.25) is 0 Å². The Bertz CT molecular complexity index is 1450. The highest BCUT2D eigenvalue weighted by Crippen LogP contribution is 2.73. The van der Waals surface area contributed by atoms with Crippen molar-refractivity contribution in [1.29, 1.82) is 0 Å². The summed E-state index contributed by atoms with van der Waals surface area (Å²) in [4.78, 5) is 19.9. The molecule has 434 valence electrons. The summed E-state index contributed by atoms with van der Waals surface area (Å²) >= 11 is 0. The van der Waals surface area contributed by atoms with Crippen LogP contribution in [0.5, 0.6) is 0 Å². The van der Waals surface area contributed by atoms with E-state index < -0.39 is 59.9 Å². The van der Waals surface area contributed by atoms with E-state index in [2.05, 4.69) is 125 Å². The Morgan fingerprint density at radius 3 is 0.671 bits per heavy atom. The normalized spacial score (nSPS) is 12.5. The Labute approximate surface area is 458 Å². The first-order chi connectivity index (χ1) is 34.2. The van der Waals surface area contributed by atoms with E-state index in [9.17, 15) is 32.8 Å². The van der Waals surface area contributed by atoms with Gasteiger partial charge < -0.3 is 24.4 Å². The van der Waals surface area contributed by atoms with Crippen molar-refractivity contribution in [1.82, 2.24) is 0 Å². The minimum Gasteiger partial charge on any atom is -0.744 e. The second kappa shape index (κ2) is 41.4. The Balaban J connectivity index is -0.000000896. The molecule has 0 heterocycles. The van der Waals surface area contributed by atoms with Crippen LogP contribution in [0.4, 0.5) is 0 Å². The zero-order valence-electron chi connectivity index (χ0n) is 51.7. The summed E-state index contributed by atoms with van der Waals surface area (Å²) < 4.78 is 31.8. The van der Waals surface area contributed by atoms with Gasteiger partial charge in [-0.2, -0.15) is 0 Å². The molecular formula is C62H123O7P3S. The first kappa shape index (κ1) is 76.6. The molecule has 0 spiro atoms. The van der Waals surface area contributed by atoms with E-state index in [4.69, 9.17) is 0 Å². The first-order valence-corrected chi connectivity index (χ1v) is 38.8. The van der Waals surface area contributed by atoms with Crippen LogP contribution in [0.3, 0.4) is 0 Å². The molecule has 1 aromatic rings. The molecule has 7 nitrogen and oxygen atoms in total. The molecule has 73 heavy (non-hydrogen) atoms. The third-order valence-corrected chi connectivity index (χ3v) is 36.3. The van der Waals surface area contributed by atoms with E-state index in [0.29, 0.717) is 33.7 Å². The summed E-state index contributed by atoms with van der Waals surface area (Å²) in [5, 5.41) is 22.7. The van der Waals surface area contributed by atoms with Gasteiger partial charge in [-0.05, 0) is 148 Å². The van der Waals surface area contributed by atoms with Gasteiger partial charge in [0.2, 0.25) is 0 Å². The molecule has 0 saturated carbocycles. The molecule has 0 amide bonds. The first-order valence-electron chi connectivity index (χ1n) is 30.3. The van der Waals surface area contributed by atoms with E-state index in [1.165, 1.54) is 154 Å². The molecule has 11 heteroatoms. The van der Waals surface area contributed by atoms with Gasteiger partial charge in [0.25, 0.3) is 0 Å². The monoisotopic (exact) mass is 1100 g/mol. The van der Waals surface area contributed by atoms with Crippen molar-refractivity contribution in [2.75, 3.05) is 55.5 Å². The van der Waals surface area contributed by atoms with Crippen molar-refractivity contribution in [3.8, 4) is 0 Å². The average molecular weight is 1110 g/mol. The molecule has 1 aromatic carbocycles. The summed E-state index contributed by atoms with van der Waals surface area (Å²) in [7, 11) is -7.24. The molecule has 1 rings (SSSR count). The van der Waals surface area contributed by atoms with Gasteiger partial charge in [-0.1, -0.05) is 160 Å². The van der Waals surface area contributed by atoms with Crippen molar-refractivity contribution < 1.29 is 32.8 Å². The Hall–Kier alpha value is -0.640. The second-order valence-corrected chi connectivity index (χ2v) is 39.5. The van der Waals surface area contributed by atoms with Crippen molar-refractivity contribution in [3.63, 3.8) is 0 Å². The lowest BCUT2D eigenvalue weighted by molar-refractivity contribution is -0.255. The van der Waals surface area contributed by atoms with Crippen LogP contribution in [-0.2, 0) is 10.1 Å². The SMILES string of the molecule is CCCC[P+](CCCC)(CCCC)C(C)(C)CCC.CCCC[P+](CCCC)(CCCC)C(C)(C)CCC.CCCC[P+](CCCC)(CCCC)C(C)(C)CCC.O=C([O-])c1cc(C(=O)[O-])cc(S(=O)(=O)[O-])c1. The quantitative estimate of drug-likeness (QED) is 0.0473. The molecule has 0 fully saturated rings. The summed E-state index contributed by atoms with van der Waals surface area (Å²) in [6.45, 7) is 44.0. The standard InChI is InChI=1S/3C18H40P.C8H6O7S/c3*1-7-11-15-19(16-12-8-2,17-13-9-3)18(5,6)14-10-4;9-7(10)4-1-5(8(11)12)3-6(2-4)16(13,14)15/h3*7-17H2,1-6H3;1-3H,(H,9,10)(H,11,12)(H,13,14,15)/q3*+1;/p-3. The summed E-state index contributed by atoms with van der Waals surface area (Å²) in [6, 6.07) is 1.67. The van der Waals surface area contributed by atoms with Crippen molar-refractivity contribution in [2.45, 2.75) is 299 Å². The highest BCUT2D eigenvalue weighted by atomic mass is 32.2. The summed E-state index contributed by atoms with van der Waals surface area (Å²) in [5.41, 5.74) is -1.45. The highest BCUT2D eigenvalue weighted by Gasteiger charge is 2.51. The van der Waals surface area contributed by atoms with E-state index >= 15 is 0 Å². The van der Waals surface area contributed by atoms with Gasteiger partial charge in [0, 0.05) is 21.8 Å². The molecule has 0 atom stereocenters. The lowest BCUT2D eigenvalue weighted by Crippen LogP contribution is -2.31. The fourth-order valence-corrected chi connectivity index (χ4v) is 29.8. The Morgan fingerprint density at radius 2 is 0.548 bits per heavy atom. The summed E-state index contributed by atoms with van der Waals surface area (Å²) in [5.74, 6) is -3.60. The molecule has 0 aliphatic rings. The number of hydrogen-bond acceptors (Lipinski definition) is 7. The molecule has 0 unspecified atom stereocenters. The van der Waals surface area contributed by atoms with Crippen LogP contribution in [0.25, 0.3) is 0 Å². The number of aromatic carboxylic acids is 2. The lowest BCUT2D eigenvalue weighted by Gasteiger charge is -2.41. The minimum atomic E-state index is -4.95. The van der Waals surface area contributed by atoms with Crippen LogP contribution in [0.15, 0.2) is 23.1 Å². The van der Waals surface area contributed by atoms with Crippen molar-refractivity contribution >= 4 is 43.8 Å². The van der Waals surface area contributed by atoms with Gasteiger partial charge >= 0.3 is 0 Å². The Morgan fingerprint density at radius 1 is 0.370 bits per heavy atom. The highest BCUT2D eigenvalue weighted by molar-refractivity contribution is 7.85. The minimum absolute atomic E-state index is 0.518. The van der Waals surface area contributed by atoms with Gasteiger partial charge in [-0.15, -0.1) is 0 Å². The number of benzene rings is 1. The van der Waals surface area contributed by atoms with Crippen LogP contribution in [0, 0.1) is 0 Å². The van der Waals surface area contributed by atoms with E-state index in [1.54, 1.807) is 55.5 Å². The van der Waals surface area contributed by atoms with Crippen LogP contribution in [-0.4, -0.2) is 95.8 Å². The predicted octanol–water partition coefficient (Wildman–Crippen LogP) is 18.3. The molecule has 0 aliphatic carbocycles. The molecule has 0 bridgehead atoms. The zero-order chi connectivity index (χ0) is 56.8. The third-order valence-electron chi connectivity index (χ3n) is 16.6. The number of carbonyl (C=O) groups is 2. The van der Waals surface area contributed by atoms with Crippen LogP contribution >= 0.6 is 21.8 Å². The third kappa shape index (κ3) is 28.7. The Kier molecular flexibility index (Phi) is 43.5. The maximum Gasteiger partial charge on any atom is 0.124 e. The topological polar surface area (TPSA) is 137 Å². The van der Waals surface area contributed by atoms with E-state index in [0.717, 1.165) is 0 Å². The van der Waals surface area contributed by atoms with Crippen molar-refractivity contribution in [2.24, 2.45) is 0 Å². The fraction of sp³-hybridized carbons (Fsp3) is 0.871. The zero-order valence-corrected chi connectivity index (χ0v) is 55.2. The van der Waals surface area contributed by atoms with Gasteiger partial charge in [0.05, 0.1) is 87.8 Å². The van der Waals surface area contributed by atoms with Crippen LogP contribution in [0.1, 0.15) is 299 Å². The molecule has 0 aromatic heterocycles. The van der Waals surface area contributed by atoms with Crippen molar-refractivity contribution in [3.05, 3.63) is 29.3 Å². The van der Waals surface area contributed by atoms with E-state index in [-0.39, 0.29) is 0 Å². The number of carbonyl (C=O) groups excluding carboxylic acids is 2. The lowest BCUT2D eigenvalue weighted by atomic mass is 10.1. The molecular weight excluding hydrogens is 982 g/mol. The molecule has 0 radical (unpaired) electrons. The molecule has 0 N–H and O–H groups in total. The number of hydrogen-bond donors (Lipinski definition) is 0. The number of carboxylic acid groups (broad SMARTS) is 2. The number of unbranched alkanes of at least 4 members (excludes halogenated alkanes) is 9. The maximum atomic E-state index is 10.6. The summed E-state index contributed by atoms with van der Waals surface area (Å²) in [6.07, 6.45) is 48.1. The smallest absolute Gasteiger partial charge is 0.124 e. The predicted molar refractivity (Wildman–Crippen MR) is 329 cm³/mol. The largest absolute Gasteiger partial charge is 0.744 e. The van der Waals surface area contributed by atoms with Gasteiger partial charge in [0.15, 0.2) is 0 Å². The fourth-order valence-electron chi connectivity index (χ4n) is 11.4. The maximum absolute atomic E-state index is 10.6. The molecule has 0 aliphatic heterocycles. The van der Waals surface area contributed by atoms with Gasteiger partial charge in [0.1, 0.15) is 10.1 Å². The van der Waals surface area contributed by atoms with Gasteiger partial charge in [-0.25, -0.2) is 8.42 Å². The van der Waals surface area contributed by atoms with E-state index in [1.807, 2.05) is 0 Å². The molecule has 0 saturated heterocycles. The second-order valence-electron chi connectivity index (χ2n) is 23.6.